The van der Waals surface area contributed by atoms with Crippen molar-refractivity contribution in [3.8, 4) is 33.4 Å². The molecule has 1 aromatic heterocycles. The summed E-state index contributed by atoms with van der Waals surface area (Å²) in [7, 11) is 0. The van der Waals surface area contributed by atoms with Crippen LogP contribution in [0.2, 0.25) is 0 Å². The van der Waals surface area contributed by atoms with E-state index in [4.69, 9.17) is 8.53 Å². The monoisotopic (exact) mass is 658 g/mol. The lowest BCUT2D eigenvalue weighted by Crippen LogP contribution is -2.21. The van der Waals surface area contributed by atoms with Gasteiger partial charge < -0.3 is 9.32 Å². The Kier molecular flexibility index (Phi) is 5.49. The summed E-state index contributed by atoms with van der Waals surface area (Å²) < 4.78 is 52.1. The highest BCUT2D eigenvalue weighted by atomic mass is 16.3. The predicted octanol–water partition coefficient (Wildman–Crippen LogP) is 13.8. The second-order valence-electron chi connectivity index (χ2n) is 13.7. The Balaban J connectivity index is 1.36. The summed E-state index contributed by atoms with van der Waals surface area (Å²) in [4.78, 5) is 1.85. The number of anilines is 3. The average molecular weight is 659 g/mol. The van der Waals surface area contributed by atoms with Gasteiger partial charge in [0, 0.05) is 33.1 Å². The normalized spacial score (nSPS) is 14.4. The molecule has 8 aromatic carbocycles. The average Bonchev–Trinajstić information content (AvgIpc) is 3.72. The molecule has 0 radical (unpaired) electrons. The zero-order valence-corrected chi connectivity index (χ0v) is 28.2. The van der Waals surface area contributed by atoms with Crippen LogP contribution in [0.4, 0.5) is 17.1 Å². The summed E-state index contributed by atoms with van der Waals surface area (Å²) in [5.74, 6) is 0. The number of benzene rings is 8. The Morgan fingerprint density at radius 3 is 2.00 bits per heavy atom. The molecule has 0 saturated heterocycles. The van der Waals surface area contributed by atoms with Gasteiger partial charge in [0.2, 0.25) is 0 Å². The molecule has 0 saturated carbocycles. The maximum Gasteiger partial charge on any atom is 0.159 e. The third-order valence-electron chi connectivity index (χ3n) is 10.5. The topological polar surface area (TPSA) is 16.4 Å². The molecule has 0 bridgehead atoms. The summed E-state index contributed by atoms with van der Waals surface area (Å²) in [5, 5.41) is 4.04. The van der Waals surface area contributed by atoms with E-state index in [1.807, 2.05) is 59.5 Å². The molecule has 2 heteroatoms. The number of para-hydroxylation sites is 2. The van der Waals surface area contributed by atoms with E-state index < -0.39 is 23.5 Å². The number of hydrogen-bond donors (Lipinski definition) is 0. The van der Waals surface area contributed by atoms with Gasteiger partial charge in [0.25, 0.3) is 0 Å². The van der Waals surface area contributed by atoms with Crippen molar-refractivity contribution in [3.63, 3.8) is 0 Å². The van der Waals surface area contributed by atoms with Crippen LogP contribution in [-0.4, -0.2) is 0 Å². The van der Waals surface area contributed by atoms with E-state index in [0.29, 0.717) is 17.0 Å². The molecule has 9 aromatic rings. The van der Waals surface area contributed by atoms with Crippen molar-refractivity contribution in [2.45, 2.75) is 19.3 Å². The van der Waals surface area contributed by atoms with E-state index in [2.05, 4.69) is 105 Å². The van der Waals surface area contributed by atoms with Crippen LogP contribution in [0.1, 0.15) is 31.8 Å². The van der Waals surface area contributed by atoms with Gasteiger partial charge in [-0.2, -0.15) is 0 Å². The van der Waals surface area contributed by atoms with Crippen molar-refractivity contribution in [2.75, 3.05) is 4.90 Å². The first kappa shape index (κ1) is 24.7. The third-order valence-corrected chi connectivity index (χ3v) is 10.5. The summed E-state index contributed by atoms with van der Waals surface area (Å²) in [6.07, 6.45) is 0. The Bertz CT molecular complexity index is 3020. The lowest BCUT2D eigenvalue weighted by molar-refractivity contribution is 0.648. The Morgan fingerprint density at radius 1 is 0.510 bits per heavy atom. The van der Waals surface area contributed by atoms with Crippen LogP contribution in [0.25, 0.3) is 66.1 Å². The summed E-state index contributed by atoms with van der Waals surface area (Å²) in [6, 6.07) is 47.7. The molecular weight excluding hydrogens is 619 g/mol. The Labute approximate surface area is 304 Å². The number of fused-ring (bicyclic) bond motifs is 7. The first-order chi connectivity index (χ1) is 27.1. The standard InChI is InChI=1S/C49H35NO/c1-49(2)44-26-12-11-22-39(44)42-31-43-41-25-14-24-40(38-23-13-18-34-17-9-10-21-37(34)38)47(41)51-48(43)46(45(42)49)50(35-19-7-4-8-20-35)36-29-27-33(28-30-36)32-15-5-3-6-16-32/h3-31H,1-2H3/i4D,7D,8D,19D,20D. The second-order valence-corrected chi connectivity index (χ2v) is 13.7. The van der Waals surface area contributed by atoms with Gasteiger partial charge in [-0.05, 0) is 80.0 Å². The van der Waals surface area contributed by atoms with Crippen LogP contribution < -0.4 is 4.90 Å². The largest absolute Gasteiger partial charge is 0.453 e. The Hall–Kier alpha value is -6.38. The second kappa shape index (κ2) is 11.3. The van der Waals surface area contributed by atoms with E-state index in [9.17, 15) is 2.74 Å². The van der Waals surface area contributed by atoms with E-state index in [-0.39, 0.29) is 17.8 Å². The Morgan fingerprint density at radius 2 is 1.16 bits per heavy atom. The van der Waals surface area contributed by atoms with E-state index in [0.717, 1.165) is 71.6 Å². The minimum atomic E-state index is -0.553. The molecule has 10 rings (SSSR count). The van der Waals surface area contributed by atoms with E-state index in [1.165, 1.54) is 0 Å². The third kappa shape index (κ3) is 4.50. The van der Waals surface area contributed by atoms with Crippen LogP contribution in [0, 0.1) is 0 Å². The van der Waals surface area contributed by atoms with Crippen molar-refractivity contribution < 1.29 is 11.3 Å². The molecular formula is C49H35NO. The van der Waals surface area contributed by atoms with Gasteiger partial charge in [0.15, 0.2) is 5.58 Å². The molecule has 1 heterocycles. The van der Waals surface area contributed by atoms with Crippen molar-refractivity contribution in [3.05, 3.63) is 187 Å². The molecule has 0 unspecified atom stereocenters. The molecule has 2 nitrogen and oxygen atoms in total. The highest BCUT2D eigenvalue weighted by Crippen LogP contribution is 2.58. The van der Waals surface area contributed by atoms with Crippen LogP contribution in [0.3, 0.4) is 0 Å². The smallest absolute Gasteiger partial charge is 0.159 e. The summed E-state index contributed by atoms with van der Waals surface area (Å²) in [5.41, 5.74) is 10.3. The zero-order valence-electron chi connectivity index (χ0n) is 33.2. The quantitative estimate of drug-likeness (QED) is 0.183. The fourth-order valence-corrected chi connectivity index (χ4v) is 8.20. The fourth-order valence-electron chi connectivity index (χ4n) is 8.20. The number of hydrogen-bond acceptors (Lipinski definition) is 2. The van der Waals surface area contributed by atoms with Crippen molar-refractivity contribution in [2.24, 2.45) is 0 Å². The first-order valence-electron chi connectivity index (χ1n) is 19.8. The van der Waals surface area contributed by atoms with Crippen LogP contribution >= 0.6 is 0 Å². The summed E-state index contributed by atoms with van der Waals surface area (Å²) in [6.45, 7) is 4.38. The molecule has 1 aliphatic rings. The molecule has 0 N–H and O–H groups in total. The maximum atomic E-state index is 9.36. The van der Waals surface area contributed by atoms with Gasteiger partial charge >= 0.3 is 0 Å². The lowest BCUT2D eigenvalue weighted by Gasteiger charge is -2.32. The predicted molar refractivity (Wildman–Crippen MR) is 214 cm³/mol. The lowest BCUT2D eigenvalue weighted by atomic mass is 9.80. The highest BCUT2D eigenvalue weighted by molar-refractivity contribution is 6.18. The molecule has 0 spiro atoms. The van der Waals surface area contributed by atoms with Crippen molar-refractivity contribution >= 4 is 49.8 Å². The number of nitrogens with zero attached hydrogens (tertiary/aromatic N) is 1. The van der Waals surface area contributed by atoms with Crippen LogP contribution in [-0.2, 0) is 5.41 Å². The van der Waals surface area contributed by atoms with Crippen molar-refractivity contribution in [1.82, 2.24) is 0 Å². The van der Waals surface area contributed by atoms with E-state index in [1.54, 1.807) is 0 Å². The minimum Gasteiger partial charge on any atom is -0.453 e. The van der Waals surface area contributed by atoms with Gasteiger partial charge in [0.05, 0.1) is 12.5 Å². The SMILES string of the molecule is [2H]c1c([2H])c([2H])c(N(c2ccc(-c3ccccc3)cc2)c2c3c(cc4c2oc2c(-c5cccc6ccccc56)cccc24)-c2ccccc2C3(C)C)c([2H])c1[2H]. The molecule has 51 heavy (non-hydrogen) atoms. The van der Waals surface area contributed by atoms with Gasteiger partial charge in [-0.1, -0.05) is 159 Å². The maximum absolute atomic E-state index is 9.36. The summed E-state index contributed by atoms with van der Waals surface area (Å²) >= 11 is 0. The van der Waals surface area contributed by atoms with Gasteiger partial charge in [0.1, 0.15) is 5.58 Å². The van der Waals surface area contributed by atoms with Crippen LogP contribution in [0.5, 0.6) is 0 Å². The zero-order chi connectivity index (χ0) is 38.5. The molecule has 0 atom stereocenters. The fraction of sp³-hybridized carbons (Fsp3) is 0.0612. The molecule has 242 valence electrons. The van der Waals surface area contributed by atoms with Gasteiger partial charge in [-0.3, -0.25) is 0 Å². The molecule has 0 fully saturated rings. The minimum absolute atomic E-state index is 0.0552. The van der Waals surface area contributed by atoms with Gasteiger partial charge in [-0.25, -0.2) is 0 Å². The number of rotatable bonds is 5. The molecule has 1 aliphatic carbocycles. The van der Waals surface area contributed by atoms with Gasteiger partial charge in [-0.15, -0.1) is 0 Å². The molecule has 0 amide bonds. The first-order valence-corrected chi connectivity index (χ1v) is 17.3. The van der Waals surface area contributed by atoms with Crippen LogP contribution in [0.15, 0.2) is 180 Å². The highest BCUT2D eigenvalue weighted by Gasteiger charge is 2.41. The molecule has 0 aliphatic heterocycles. The van der Waals surface area contributed by atoms with Crippen molar-refractivity contribution in [1.29, 1.82) is 0 Å². The number of furan rings is 1. The van der Waals surface area contributed by atoms with E-state index >= 15 is 0 Å².